The van der Waals surface area contributed by atoms with E-state index in [9.17, 15) is 9.59 Å². The molecule has 0 atom stereocenters. The normalized spacial score (nSPS) is 16.7. The molecule has 0 bridgehead atoms. The molecule has 1 aromatic rings. The van der Waals surface area contributed by atoms with E-state index in [1.807, 2.05) is 19.9 Å². The molecule has 0 unspecified atom stereocenters. The Labute approximate surface area is 138 Å². The molecule has 0 N–H and O–H groups in total. The van der Waals surface area contributed by atoms with Gasteiger partial charge < -0.3 is 4.74 Å². The minimum absolute atomic E-state index is 0.151. The van der Waals surface area contributed by atoms with E-state index in [1.165, 1.54) is 16.7 Å². The lowest BCUT2D eigenvalue weighted by atomic mass is 10.2. The molecule has 0 saturated carbocycles. The van der Waals surface area contributed by atoms with Crippen LogP contribution in [0.25, 0.3) is 6.08 Å². The molecule has 0 radical (unpaired) electrons. The highest BCUT2D eigenvalue weighted by Gasteiger charge is 2.33. The molecule has 2 heterocycles. The van der Waals surface area contributed by atoms with Crippen LogP contribution >= 0.6 is 24.0 Å². The van der Waals surface area contributed by atoms with Crippen LogP contribution in [-0.2, 0) is 14.3 Å². The summed E-state index contributed by atoms with van der Waals surface area (Å²) in [6.45, 7) is 4.08. The highest BCUT2D eigenvalue weighted by molar-refractivity contribution is 8.26. The first-order chi connectivity index (χ1) is 10.5. The summed E-state index contributed by atoms with van der Waals surface area (Å²) in [5.41, 5.74) is 0.811. The SMILES string of the molecule is CC(C)COC(=O)CN1C(=O)/C(=C/c2cccnc2)SC1=S. The Morgan fingerprint density at radius 3 is 2.95 bits per heavy atom. The summed E-state index contributed by atoms with van der Waals surface area (Å²) < 4.78 is 5.45. The van der Waals surface area contributed by atoms with Crippen LogP contribution in [0.1, 0.15) is 19.4 Å². The summed E-state index contributed by atoms with van der Waals surface area (Å²) in [6, 6.07) is 3.63. The third-order valence-corrected chi connectivity index (χ3v) is 4.10. The highest BCUT2D eigenvalue weighted by Crippen LogP contribution is 2.32. The van der Waals surface area contributed by atoms with Gasteiger partial charge in [0.2, 0.25) is 0 Å². The van der Waals surface area contributed by atoms with Gasteiger partial charge in [0.05, 0.1) is 11.5 Å². The number of carbonyl (C=O) groups is 2. The topological polar surface area (TPSA) is 59.5 Å². The van der Waals surface area contributed by atoms with Gasteiger partial charge in [-0.05, 0) is 23.6 Å². The van der Waals surface area contributed by atoms with Crippen molar-refractivity contribution in [2.24, 2.45) is 5.92 Å². The number of amides is 1. The summed E-state index contributed by atoms with van der Waals surface area (Å²) in [6.07, 6.45) is 5.03. The first kappa shape index (κ1) is 16.6. The molecule has 116 valence electrons. The van der Waals surface area contributed by atoms with Crippen LogP contribution in [0, 0.1) is 5.92 Å². The molecule has 0 spiro atoms. The fourth-order valence-corrected chi connectivity index (χ4v) is 2.94. The van der Waals surface area contributed by atoms with Crippen LogP contribution in [-0.4, -0.2) is 39.2 Å². The molecule has 7 heteroatoms. The van der Waals surface area contributed by atoms with Crippen LogP contribution in [0.2, 0.25) is 0 Å². The molecule has 1 fully saturated rings. The Morgan fingerprint density at radius 2 is 2.32 bits per heavy atom. The second-order valence-corrected chi connectivity index (χ2v) is 6.81. The zero-order chi connectivity index (χ0) is 16.1. The standard InChI is InChI=1S/C15H16N2O3S2/c1-10(2)9-20-13(18)8-17-14(19)12(22-15(17)21)6-11-4-3-5-16-7-11/h3-7,10H,8-9H2,1-2H3/b12-6-. The predicted octanol–water partition coefficient (Wildman–Crippen LogP) is 2.48. The molecule has 1 saturated heterocycles. The first-order valence-electron chi connectivity index (χ1n) is 6.78. The quantitative estimate of drug-likeness (QED) is 0.468. The van der Waals surface area contributed by atoms with E-state index in [1.54, 1.807) is 24.5 Å². The van der Waals surface area contributed by atoms with Crippen molar-refractivity contribution in [2.75, 3.05) is 13.2 Å². The van der Waals surface area contributed by atoms with Gasteiger partial charge >= 0.3 is 5.97 Å². The maximum Gasteiger partial charge on any atom is 0.326 e. The van der Waals surface area contributed by atoms with Gasteiger partial charge in [-0.2, -0.15) is 0 Å². The summed E-state index contributed by atoms with van der Waals surface area (Å²) in [4.78, 5) is 29.8. The minimum Gasteiger partial charge on any atom is -0.464 e. The van der Waals surface area contributed by atoms with Crippen LogP contribution in [0.4, 0.5) is 0 Å². The van der Waals surface area contributed by atoms with Crippen molar-refractivity contribution in [2.45, 2.75) is 13.8 Å². The number of nitrogens with zero attached hydrogens (tertiary/aromatic N) is 2. The monoisotopic (exact) mass is 336 g/mol. The van der Waals surface area contributed by atoms with Crippen LogP contribution in [0.3, 0.4) is 0 Å². The third kappa shape index (κ3) is 4.38. The maximum atomic E-state index is 12.3. The Bertz CT molecular complexity index is 614. The molecule has 0 aromatic carbocycles. The molecule has 5 nitrogen and oxygen atoms in total. The van der Waals surface area contributed by atoms with E-state index < -0.39 is 5.97 Å². The van der Waals surface area contributed by atoms with Crippen molar-refractivity contribution >= 4 is 46.3 Å². The number of thiocarbonyl (C=S) groups is 1. The molecule has 2 rings (SSSR count). The number of aromatic nitrogens is 1. The second kappa shape index (κ2) is 7.51. The minimum atomic E-state index is -0.451. The van der Waals surface area contributed by atoms with Gasteiger partial charge in [0.25, 0.3) is 5.91 Å². The summed E-state index contributed by atoms with van der Waals surface area (Å²) in [5.74, 6) is -0.478. The van der Waals surface area contributed by atoms with Crippen LogP contribution < -0.4 is 0 Å². The van der Waals surface area contributed by atoms with Crippen molar-refractivity contribution in [3.05, 3.63) is 35.0 Å². The molecule has 1 aliphatic rings. The zero-order valence-corrected chi connectivity index (χ0v) is 13.9. The number of esters is 1. The largest absolute Gasteiger partial charge is 0.464 e. The number of hydrogen-bond acceptors (Lipinski definition) is 6. The average Bonchev–Trinajstić information content (AvgIpc) is 2.74. The van der Waals surface area contributed by atoms with Crippen molar-refractivity contribution in [3.8, 4) is 0 Å². The van der Waals surface area contributed by atoms with Crippen LogP contribution in [0.15, 0.2) is 29.4 Å². The van der Waals surface area contributed by atoms with Crippen LogP contribution in [0.5, 0.6) is 0 Å². The number of thioether (sulfide) groups is 1. The van der Waals surface area contributed by atoms with Crippen molar-refractivity contribution in [3.63, 3.8) is 0 Å². The van der Waals surface area contributed by atoms with E-state index in [-0.39, 0.29) is 18.4 Å². The lowest BCUT2D eigenvalue weighted by Crippen LogP contribution is -2.34. The van der Waals surface area contributed by atoms with Crippen molar-refractivity contribution in [1.29, 1.82) is 0 Å². The average molecular weight is 336 g/mol. The van der Waals surface area contributed by atoms with E-state index in [4.69, 9.17) is 17.0 Å². The summed E-state index contributed by atoms with van der Waals surface area (Å²) >= 11 is 6.35. The van der Waals surface area contributed by atoms with E-state index in [0.717, 1.165) is 5.56 Å². The molecular weight excluding hydrogens is 320 g/mol. The van der Waals surface area contributed by atoms with Gasteiger partial charge in [0.1, 0.15) is 10.9 Å². The lowest BCUT2D eigenvalue weighted by Gasteiger charge is -2.14. The Hall–Kier alpha value is -1.73. The number of hydrogen-bond donors (Lipinski definition) is 0. The Kier molecular flexibility index (Phi) is 5.68. The molecule has 22 heavy (non-hydrogen) atoms. The fraction of sp³-hybridized carbons (Fsp3) is 0.333. The summed E-state index contributed by atoms with van der Waals surface area (Å²) in [7, 11) is 0. The predicted molar refractivity (Wildman–Crippen MR) is 89.9 cm³/mol. The fourth-order valence-electron chi connectivity index (χ4n) is 1.68. The zero-order valence-electron chi connectivity index (χ0n) is 12.3. The smallest absolute Gasteiger partial charge is 0.326 e. The van der Waals surface area contributed by atoms with E-state index >= 15 is 0 Å². The maximum absolute atomic E-state index is 12.3. The van der Waals surface area contributed by atoms with Gasteiger partial charge in [0.15, 0.2) is 0 Å². The van der Waals surface area contributed by atoms with Crippen molar-refractivity contribution in [1.82, 2.24) is 9.88 Å². The molecule has 1 aromatic heterocycles. The molecule has 1 aliphatic heterocycles. The van der Waals surface area contributed by atoms with Gasteiger partial charge in [0, 0.05) is 12.4 Å². The van der Waals surface area contributed by atoms with E-state index in [2.05, 4.69) is 4.98 Å². The first-order valence-corrected chi connectivity index (χ1v) is 8.01. The van der Waals surface area contributed by atoms with Gasteiger partial charge in [-0.1, -0.05) is 43.9 Å². The number of carbonyl (C=O) groups excluding carboxylic acids is 2. The van der Waals surface area contributed by atoms with Gasteiger partial charge in [-0.25, -0.2) is 0 Å². The number of ether oxygens (including phenoxy) is 1. The van der Waals surface area contributed by atoms with Crippen molar-refractivity contribution < 1.29 is 14.3 Å². The van der Waals surface area contributed by atoms with E-state index in [0.29, 0.717) is 15.8 Å². The molecular formula is C15H16N2O3S2. The van der Waals surface area contributed by atoms with Gasteiger partial charge in [-0.3, -0.25) is 19.5 Å². The highest BCUT2D eigenvalue weighted by atomic mass is 32.2. The summed E-state index contributed by atoms with van der Waals surface area (Å²) in [5, 5.41) is 0. The Morgan fingerprint density at radius 1 is 1.55 bits per heavy atom. The molecule has 0 aliphatic carbocycles. The molecule has 1 amide bonds. The number of rotatable bonds is 5. The Balaban J connectivity index is 2.03. The second-order valence-electron chi connectivity index (χ2n) is 5.13. The lowest BCUT2D eigenvalue weighted by molar-refractivity contribution is -0.147. The van der Waals surface area contributed by atoms with Gasteiger partial charge in [-0.15, -0.1) is 0 Å². The third-order valence-electron chi connectivity index (χ3n) is 2.72. The number of pyridine rings is 1.